The summed E-state index contributed by atoms with van der Waals surface area (Å²) >= 11 is 0. The van der Waals surface area contributed by atoms with Crippen molar-refractivity contribution in [2.45, 2.75) is 26.7 Å². The molecule has 1 aliphatic heterocycles. The SMILES string of the molecule is Cc1cc(C)cc(-n2nc(C#N)c(N3CCCC3)n2)c1. The molecule has 2 aromatic rings. The summed E-state index contributed by atoms with van der Waals surface area (Å²) in [5.41, 5.74) is 3.65. The number of aryl methyl sites for hydroxylation is 2. The van der Waals surface area contributed by atoms with E-state index in [2.05, 4.69) is 27.2 Å². The standard InChI is InChI=1S/C15H17N5/c1-11-7-12(2)9-13(8-11)20-17-14(10-16)15(18-20)19-5-3-4-6-19/h7-9H,3-6H2,1-2H3. The van der Waals surface area contributed by atoms with E-state index in [4.69, 9.17) is 0 Å². The maximum atomic E-state index is 9.26. The highest BCUT2D eigenvalue weighted by molar-refractivity contribution is 5.51. The number of benzene rings is 1. The summed E-state index contributed by atoms with van der Waals surface area (Å²) in [6.07, 6.45) is 2.31. The molecule has 0 N–H and O–H groups in total. The van der Waals surface area contributed by atoms with Crippen LogP contribution in [0.25, 0.3) is 5.69 Å². The minimum absolute atomic E-state index is 0.408. The van der Waals surface area contributed by atoms with E-state index >= 15 is 0 Å². The van der Waals surface area contributed by atoms with E-state index in [9.17, 15) is 5.26 Å². The van der Waals surface area contributed by atoms with Crippen molar-refractivity contribution < 1.29 is 0 Å². The van der Waals surface area contributed by atoms with Gasteiger partial charge < -0.3 is 4.90 Å². The third kappa shape index (κ3) is 2.25. The monoisotopic (exact) mass is 267 g/mol. The van der Waals surface area contributed by atoms with Crippen LogP contribution in [0.3, 0.4) is 0 Å². The average molecular weight is 267 g/mol. The van der Waals surface area contributed by atoms with Crippen LogP contribution in [0.4, 0.5) is 5.82 Å². The lowest BCUT2D eigenvalue weighted by Gasteiger charge is -2.12. The predicted octanol–water partition coefficient (Wildman–Crippen LogP) is 2.36. The predicted molar refractivity (Wildman–Crippen MR) is 77.0 cm³/mol. The van der Waals surface area contributed by atoms with Gasteiger partial charge in [0.2, 0.25) is 5.69 Å². The molecule has 0 saturated carbocycles. The van der Waals surface area contributed by atoms with E-state index in [1.165, 1.54) is 11.1 Å². The molecule has 1 aliphatic rings. The first-order valence-corrected chi connectivity index (χ1v) is 6.88. The highest BCUT2D eigenvalue weighted by atomic mass is 15.5. The molecule has 0 amide bonds. The van der Waals surface area contributed by atoms with Gasteiger partial charge in [-0.25, -0.2) is 0 Å². The normalized spacial score (nSPS) is 14.6. The van der Waals surface area contributed by atoms with E-state index in [0.717, 1.165) is 31.6 Å². The van der Waals surface area contributed by atoms with Crippen LogP contribution in [0.1, 0.15) is 29.7 Å². The molecule has 1 fully saturated rings. The largest absolute Gasteiger partial charge is 0.353 e. The number of aromatic nitrogens is 3. The molecule has 1 saturated heterocycles. The molecular weight excluding hydrogens is 250 g/mol. The van der Waals surface area contributed by atoms with Gasteiger partial charge in [0.1, 0.15) is 6.07 Å². The topological polar surface area (TPSA) is 57.7 Å². The zero-order valence-electron chi connectivity index (χ0n) is 11.8. The molecule has 0 bridgehead atoms. The molecule has 0 radical (unpaired) electrons. The van der Waals surface area contributed by atoms with Gasteiger partial charge in [-0.1, -0.05) is 6.07 Å². The van der Waals surface area contributed by atoms with Gasteiger partial charge in [-0.3, -0.25) is 0 Å². The Morgan fingerprint density at radius 2 is 1.70 bits per heavy atom. The average Bonchev–Trinajstić information content (AvgIpc) is 3.06. The summed E-state index contributed by atoms with van der Waals surface area (Å²) in [6, 6.07) is 8.33. The van der Waals surface area contributed by atoms with Crippen LogP contribution in [0.5, 0.6) is 0 Å². The lowest BCUT2D eigenvalue weighted by molar-refractivity contribution is 0.742. The second kappa shape index (κ2) is 4.97. The Hall–Kier alpha value is -2.35. The van der Waals surface area contributed by atoms with Crippen molar-refractivity contribution in [1.29, 1.82) is 5.26 Å². The summed E-state index contributed by atoms with van der Waals surface area (Å²) in [7, 11) is 0. The molecule has 0 aliphatic carbocycles. The highest BCUT2D eigenvalue weighted by Crippen LogP contribution is 2.22. The number of hydrogen-bond acceptors (Lipinski definition) is 4. The van der Waals surface area contributed by atoms with Gasteiger partial charge in [0.25, 0.3) is 0 Å². The fourth-order valence-electron chi connectivity index (χ4n) is 2.69. The maximum Gasteiger partial charge on any atom is 0.207 e. The summed E-state index contributed by atoms with van der Waals surface area (Å²) in [6.45, 7) is 6.01. The number of anilines is 1. The van der Waals surface area contributed by atoms with E-state index in [1.807, 2.05) is 26.0 Å². The molecular formula is C15H17N5. The summed E-state index contributed by atoms with van der Waals surface area (Å²) in [5, 5.41) is 18.1. The van der Waals surface area contributed by atoms with Crippen molar-refractivity contribution in [1.82, 2.24) is 15.0 Å². The quantitative estimate of drug-likeness (QED) is 0.838. The van der Waals surface area contributed by atoms with Crippen molar-refractivity contribution in [3.05, 3.63) is 35.0 Å². The molecule has 1 aromatic carbocycles. The van der Waals surface area contributed by atoms with E-state index in [0.29, 0.717) is 11.5 Å². The van der Waals surface area contributed by atoms with Crippen molar-refractivity contribution in [2.24, 2.45) is 0 Å². The molecule has 3 rings (SSSR count). The molecule has 5 heteroatoms. The number of rotatable bonds is 2. The Morgan fingerprint density at radius 1 is 1.05 bits per heavy atom. The number of hydrogen-bond donors (Lipinski definition) is 0. The maximum absolute atomic E-state index is 9.26. The zero-order chi connectivity index (χ0) is 14.1. The van der Waals surface area contributed by atoms with E-state index in [-0.39, 0.29) is 0 Å². The molecule has 0 atom stereocenters. The minimum Gasteiger partial charge on any atom is -0.353 e. The van der Waals surface area contributed by atoms with Gasteiger partial charge in [0.15, 0.2) is 5.82 Å². The Balaban J connectivity index is 2.04. The first-order chi connectivity index (χ1) is 9.67. The van der Waals surface area contributed by atoms with Gasteiger partial charge >= 0.3 is 0 Å². The molecule has 20 heavy (non-hydrogen) atoms. The van der Waals surface area contributed by atoms with Crippen LogP contribution in [0, 0.1) is 25.2 Å². The van der Waals surface area contributed by atoms with Crippen molar-refractivity contribution in [3.63, 3.8) is 0 Å². The molecule has 5 nitrogen and oxygen atoms in total. The van der Waals surface area contributed by atoms with Crippen LogP contribution in [0.2, 0.25) is 0 Å². The Bertz CT molecular complexity index is 654. The molecule has 2 heterocycles. The number of nitrogens with zero attached hydrogens (tertiary/aromatic N) is 5. The fraction of sp³-hybridized carbons (Fsp3) is 0.400. The Labute approximate surface area is 118 Å². The molecule has 1 aromatic heterocycles. The molecule has 0 unspecified atom stereocenters. The highest BCUT2D eigenvalue weighted by Gasteiger charge is 2.21. The third-order valence-electron chi connectivity index (χ3n) is 3.54. The van der Waals surface area contributed by atoms with Crippen molar-refractivity contribution >= 4 is 5.82 Å². The minimum atomic E-state index is 0.408. The third-order valence-corrected chi connectivity index (χ3v) is 3.54. The smallest absolute Gasteiger partial charge is 0.207 e. The van der Waals surface area contributed by atoms with E-state index < -0.39 is 0 Å². The molecule has 0 spiro atoms. The Kier molecular flexibility index (Phi) is 3.15. The summed E-state index contributed by atoms with van der Waals surface area (Å²) < 4.78 is 0. The molecule has 102 valence electrons. The van der Waals surface area contributed by atoms with Gasteiger partial charge in [-0.2, -0.15) is 5.26 Å². The fourth-order valence-corrected chi connectivity index (χ4v) is 2.69. The second-order valence-electron chi connectivity index (χ2n) is 5.31. The van der Waals surface area contributed by atoms with Crippen LogP contribution in [-0.4, -0.2) is 28.1 Å². The van der Waals surface area contributed by atoms with Gasteiger partial charge in [0, 0.05) is 13.1 Å². The lowest BCUT2D eigenvalue weighted by atomic mass is 10.1. The van der Waals surface area contributed by atoms with E-state index in [1.54, 1.807) is 4.80 Å². The zero-order valence-corrected chi connectivity index (χ0v) is 11.8. The second-order valence-corrected chi connectivity index (χ2v) is 5.31. The van der Waals surface area contributed by atoms with Crippen LogP contribution in [0.15, 0.2) is 18.2 Å². The summed E-state index contributed by atoms with van der Waals surface area (Å²) in [5.74, 6) is 0.712. The summed E-state index contributed by atoms with van der Waals surface area (Å²) in [4.78, 5) is 3.72. The Morgan fingerprint density at radius 3 is 2.30 bits per heavy atom. The number of nitriles is 1. The van der Waals surface area contributed by atoms with Crippen LogP contribution in [-0.2, 0) is 0 Å². The van der Waals surface area contributed by atoms with Gasteiger partial charge in [-0.05, 0) is 49.9 Å². The van der Waals surface area contributed by atoms with Crippen LogP contribution >= 0.6 is 0 Å². The van der Waals surface area contributed by atoms with Crippen LogP contribution < -0.4 is 4.90 Å². The van der Waals surface area contributed by atoms with Crippen molar-refractivity contribution in [3.8, 4) is 11.8 Å². The van der Waals surface area contributed by atoms with Gasteiger partial charge in [-0.15, -0.1) is 15.0 Å². The first-order valence-electron chi connectivity index (χ1n) is 6.88. The lowest BCUT2D eigenvalue weighted by Crippen LogP contribution is -2.19. The van der Waals surface area contributed by atoms with Gasteiger partial charge in [0.05, 0.1) is 5.69 Å². The first kappa shape index (κ1) is 12.7. The van der Waals surface area contributed by atoms with Crippen molar-refractivity contribution in [2.75, 3.05) is 18.0 Å².